The largest absolute Gasteiger partial charge is 0.497 e. The molecule has 16 rings (SSSR count). The predicted molar refractivity (Wildman–Crippen MR) is 342 cm³/mol. The predicted octanol–water partition coefficient (Wildman–Crippen LogP) is 12.9. The second-order valence-corrected chi connectivity index (χ2v) is 22.6. The zero-order valence-corrected chi connectivity index (χ0v) is 50.6. The molecule has 0 spiro atoms. The molecule has 1 aliphatic rings. The van der Waals surface area contributed by atoms with Gasteiger partial charge < -0.3 is 29.0 Å². The van der Waals surface area contributed by atoms with Gasteiger partial charge in [0.2, 0.25) is 0 Å². The van der Waals surface area contributed by atoms with E-state index in [1.807, 2.05) is 132 Å². The fourth-order valence-corrected chi connectivity index (χ4v) is 11.2. The monoisotopic (exact) mass is 1250 g/mol. The number of benzene rings is 4. The number of ether oxygens (including phenoxy) is 5. The van der Waals surface area contributed by atoms with Gasteiger partial charge in [-0.15, -0.1) is 41.9 Å². The van der Waals surface area contributed by atoms with Crippen molar-refractivity contribution >= 4 is 78.4 Å². The summed E-state index contributed by atoms with van der Waals surface area (Å²) in [7, 11) is 4.87. The van der Waals surface area contributed by atoms with Gasteiger partial charge in [0.1, 0.15) is 59.0 Å². The van der Waals surface area contributed by atoms with Crippen molar-refractivity contribution in [2.75, 3.05) is 26.6 Å². The van der Waals surface area contributed by atoms with Gasteiger partial charge in [-0.3, -0.25) is 15.0 Å². The number of rotatable bonds is 15. The number of fused-ring (bicyclic) bond motifs is 6. The summed E-state index contributed by atoms with van der Waals surface area (Å²) in [6.07, 6.45) is 8.73. The van der Waals surface area contributed by atoms with Crippen molar-refractivity contribution in [3.05, 3.63) is 216 Å². The maximum atomic E-state index is 14.0. The number of halogens is 2. The van der Waals surface area contributed by atoms with Crippen molar-refractivity contribution in [3.63, 3.8) is 0 Å². The van der Waals surface area contributed by atoms with E-state index in [4.69, 9.17) is 40.4 Å². The van der Waals surface area contributed by atoms with Gasteiger partial charge in [-0.25, -0.2) is 9.37 Å². The van der Waals surface area contributed by atoms with E-state index in [9.17, 15) is 4.39 Å². The zero-order valence-electron chi connectivity index (χ0n) is 49.0. The summed E-state index contributed by atoms with van der Waals surface area (Å²) in [6, 6.07) is 49.0. The molecule has 0 unspecified atom stereocenters. The summed E-state index contributed by atoms with van der Waals surface area (Å²) in [5.41, 5.74) is 10.3. The molecule has 1 aliphatic carbocycles. The second kappa shape index (κ2) is 24.7. The third-order valence-corrected chi connectivity index (χ3v) is 16.4. The molecule has 0 amide bonds. The number of nitrogens with zero attached hydrogens (tertiary/aromatic N) is 16. The van der Waals surface area contributed by atoms with Crippen molar-refractivity contribution in [3.8, 4) is 61.8 Å². The Morgan fingerprint density at radius 1 is 0.527 bits per heavy atom. The Kier molecular flexibility index (Phi) is 15.5. The van der Waals surface area contributed by atoms with Gasteiger partial charge in [0.05, 0.1) is 75.9 Å². The molecule has 11 heterocycles. The smallest absolute Gasteiger partial charge is 0.192 e. The topological polar surface area (TPSA) is 239 Å². The molecule has 22 nitrogen and oxygen atoms in total. The van der Waals surface area contributed by atoms with Crippen LogP contribution in [0, 0.1) is 12.7 Å². The molecule has 0 atom stereocenters. The standard InChI is InChI=1S/C23H18FN5O2.C23H19N7O.C20H14ClN5O2S/c1-14-3-4-15(11-18(14)24)19-7-8-22-26-27-23(29(22)28-19)13-31-21-9-10-25-20-12-16(30-2)5-6-17(20)21;1-31-16-13-19-21(25-14-16)18(9-12-24-19)26-23(10-11-23)22-28-27-20-8-7-17(29-30(20)22)15-5-3-2-4-6-15;1-27-12-2-3-13-15(10-12)22-9-8-16(13)28-11-20-24-23-19-7-4-14(25-26(19)20)17-5-6-18(21)29-17/h3-12H,13H2,1-2H3;2-9,12-14H,10-11H2,1H3,(H,24,26);2-10H,11H2,1H3. The zero-order chi connectivity index (χ0) is 62.0. The lowest BCUT2D eigenvalue weighted by Crippen LogP contribution is -2.23. The molecule has 1 saturated carbocycles. The van der Waals surface area contributed by atoms with Gasteiger partial charge in [0, 0.05) is 58.7 Å². The quantitative estimate of drug-likeness (QED) is 0.100. The van der Waals surface area contributed by atoms with E-state index < -0.39 is 0 Å². The summed E-state index contributed by atoms with van der Waals surface area (Å²) in [5, 5.41) is 45.1. The highest BCUT2D eigenvalue weighted by Crippen LogP contribution is 2.48. The fourth-order valence-electron chi connectivity index (χ4n) is 10.2. The number of aromatic nitrogens is 16. The molecule has 25 heteroatoms. The molecule has 450 valence electrons. The Morgan fingerprint density at radius 2 is 1.09 bits per heavy atom. The SMILES string of the molecule is COc1ccc2c(OCc3nnc4ccc(-c5ccc(C)c(F)c5)nn34)ccnc2c1.COc1ccc2c(OCc3nnc4ccc(-c5ccc(Cl)s5)nn34)ccnc2c1.COc1cnc2c(NC3(c4nnc5ccc(-c6ccccc6)nn45)CC3)ccnc2c1. The average molecular weight is 1250 g/mol. The van der Waals surface area contributed by atoms with Crippen LogP contribution in [0.25, 0.3) is 82.9 Å². The molecule has 0 radical (unpaired) electrons. The van der Waals surface area contributed by atoms with Gasteiger partial charge in [0.25, 0.3) is 0 Å². The first-order chi connectivity index (χ1) is 44.6. The van der Waals surface area contributed by atoms with Crippen LogP contribution in [0.4, 0.5) is 10.1 Å². The maximum Gasteiger partial charge on any atom is 0.192 e. The van der Waals surface area contributed by atoms with Crippen LogP contribution in [-0.4, -0.2) is 101 Å². The van der Waals surface area contributed by atoms with E-state index in [0.717, 1.165) is 101 Å². The molecule has 4 aromatic carbocycles. The Balaban J connectivity index is 0.000000119. The first-order valence-corrected chi connectivity index (χ1v) is 29.7. The molecule has 0 saturated heterocycles. The van der Waals surface area contributed by atoms with Crippen LogP contribution in [0.3, 0.4) is 0 Å². The highest BCUT2D eigenvalue weighted by molar-refractivity contribution is 7.19. The molecule has 11 aromatic heterocycles. The Bertz CT molecular complexity index is 5180. The molecule has 0 bridgehead atoms. The summed E-state index contributed by atoms with van der Waals surface area (Å²) in [4.78, 5) is 18.7. The van der Waals surface area contributed by atoms with Crippen molar-refractivity contribution in [2.24, 2.45) is 0 Å². The van der Waals surface area contributed by atoms with Gasteiger partial charge >= 0.3 is 0 Å². The maximum absolute atomic E-state index is 14.0. The number of anilines is 1. The van der Waals surface area contributed by atoms with Gasteiger partial charge in [-0.1, -0.05) is 54.1 Å². The number of thiophene rings is 1. The number of nitrogens with one attached hydrogen (secondary N) is 1. The molecular formula is C66H51ClFN17O5S. The summed E-state index contributed by atoms with van der Waals surface area (Å²) in [5.74, 6) is 5.19. The van der Waals surface area contributed by atoms with E-state index >= 15 is 0 Å². The second-order valence-electron chi connectivity index (χ2n) is 20.9. The van der Waals surface area contributed by atoms with Crippen molar-refractivity contribution in [1.29, 1.82) is 0 Å². The van der Waals surface area contributed by atoms with Crippen molar-refractivity contribution < 1.29 is 28.1 Å². The minimum absolute atomic E-state index is 0.158. The first-order valence-electron chi connectivity index (χ1n) is 28.5. The minimum Gasteiger partial charge on any atom is -0.497 e. The third kappa shape index (κ3) is 11.8. The summed E-state index contributed by atoms with van der Waals surface area (Å²) < 4.78 is 47.7. The van der Waals surface area contributed by atoms with Gasteiger partial charge in [0.15, 0.2) is 34.4 Å². The minimum atomic E-state index is -0.336. The van der Waals surface area contributed by atoms with Gasteiger partial charge in [-0.05, 0) is 122 Å². The van der Waals surface area contributed by atoms with Crippen LogP contribution in [0.15, 0.2) is 183 Å². The van der Waals surface area contributed by atoms with E-state index in [1.54, 1.807) is 86.3 Å². The lowest BCUT2D eigenvalue weighted by Gasteiger charge is -2.18. The molecule has 15 aromatic rings. The van der Waals surface area contributed by atoms with Crippen LogP contribution in [0.5, 0.6) is 28.7 Å². The third-order valence-electron chi connectivity index (χ3n) is 15.2. The highest BCUT2D eigenvalue weighted by Gasteiger charge is 2.49. The molecular weight excluding hydrogens is 1200 g/mol. The fraction of sp³-hybridized carbons (Fsp3) is 0.136. The number of hydrogen-bond acceptors (Lipinski definition) is 20. The lowest BCUT2D eigenvalue weighted by atomic mass is 10.1. The number of methoxy groups -OCH3 is 3. The Hall–Kier alpha value is -11.4. The number of pyridine rings is 4. The highest BCUT2D eigenvalue weighted by atomic mass is 35.5. The Labute approximate surface area is 525 Å². The Morgan fingerprint density at radius 3 is 1.69 bits per heavy atom. The first kappa shape index (κ1) is 57.4. The van der Waals surface area contributed by atoms with Crippen LogP contribution in [0.2, 0.25) is 4.34 Å². The normalized spacial score (nSPS) is 12.4. The molecule has 1 fully saturated rings. The molecule has 1 N–H and O–H groups in total. The van der Waals surface area contributed by atoms with Gasteiger partial charge in [-0.2, -0.15) is 28.8 Å². The van der Waals surface area contributed by atoms with Crippen molar-refractivity contribution in [2.45, 2.75) is 38.5 Å². The van der Waals surface area contributed by atoms with E-state index in [1.165, 1.54) is 17.4 Å². The summed E-state index contributed by atoms with van der Waals surface area (Å²) >= 11 is 7.52. The molecule has 0 aliphatic heterocycles. The molecule has 91 heavy (non-hydrogen) atoms. The van der Waals surface area contributed by atoms with E-state index in [0.29, 0.717) is 57.0 Å². The lowest BCUT2D eigenvalue weighted by molar-refractivity contribution is 0.296. The number of aryl methyl sites for hydroxylation is 1. The van der Waals surface area contributed by atoms with E-state index in [-0.39, 0.29) is 24.6 Å². The van der Waals surface area contributed by atoms with Crippen LogP contribution < -0.4 is 29.0 Å². The van der Waals surface area contributed by atoms with Crippen LogP contribution >= 0.6 is 22.9 Å². The van der Waals surface area contributed by atoms with Crippen LogP contribution in [-0.2, 0) is 18.8 Å². The number of hydrogen-bond donors (Lipinski definition) is 1. The van der Waals surface area contributed by atoms with Crippen molar-refractivity contribution in [1.82, 2.24) is 79.4 Å². The van der Waals surface area contributed by atoms with Crippen LogP contribution in [0.1, 0.15) is 35.9 Å². The van der Waals surface area contributed by atoms with E-state index in [2.05, 4.69) is 66.0 Å². The average Bonchev–Trinajstić information content (AvgIpc) is 1.60. The summed E-state index contributed by atoms with van der Waals surface area (Å²) in [6.45, 7) is 2.10.